The second-order valence-corrected chi connectivity index (χ2v) is 6.77. The summed E-state index contributed by atoms with van der Waals surface area (Å²) >= 11 is 12.0. The topological polar surface area (TPSA) is 83.9 Å². The lowest BCUT2D eigenvalue weighted by molar-refractivity contribution is -0.119. The summed E-state index contributed by atoms with van der Waals surface area (Å²) < 4.78 is 1.87. The number of hydrogen-bond acceptors (Lipinski definition) is 5. The van der Waals surface area contributed by atoms with Crippen LogP contribution in [0.25, 0.3) is 5.82 Å². The van der Waals surface area contributed by atoms with E-state index >= 15 is 0 Å². The SMILES string of the molecule is CCNc1nc(NCC(=O)NCc2ccc(Cl)cc2Cl)cc(-n2cccc2)n1. The van der Waals surface area contributed by atoms with Gasteiger partial charge >= 0.3 is 0 Å². The summed E-state index contributed by atoms with van der Waals surface area (Å²) in [5, 5.41) is 10.0. The maximum Gasteiger partial charge on any atom is 0.239 e. The van der Waals surface area contributed by atoms with Crippen molar-refractivity contribution in [3.05, 3.63) is 64.4 Å². The van der Waals surface area contributed by atoms with E-state index in [0.29, 0.717) is 40.7 Å². The quantitative estimate of drug-likeness (QED) is 0.518. The highest BCUT2D eigenvalue weighted by Crippen LogP contribution is 2.20. The van der Waals surface area contributed by atoms with Crippen molar-refractivity contribution in [1.82, 2.24) is 19.9 Å². The van der Waals surface area contributed by atoms with E-state index in [-0.39, 0.29) is 12.5 Å². The van der Waals surface area contributed by atoms with Crippen molar-refractivity contribution in [2.45, 2.75) is 13.5 Å². The molecule has 0 aliphatic heterocycles. The highest BCUT2D eigenvalue weighted by atomic mass is 35.5. The van der Waals surface area contributed by atoms with Crippen molar-refractivity contribution in [2.75, 3.05) is 23.7 Å². The van der Waals surface area contributed by atoms with Gasteiger partial charge in [0, 0.05) is 41.6 Å². The first-order chi connectivity index (χ1) is 13.5. The van der Waals surface area contributed by atoms with E-state index in [2.05, 4.69) is 25.9 Å². The van der Waals surface area contributed by atoms with E-state index in [0.717, 1.165) is 5.56 Å². The predicted molar refractivity (Wildman–Crippen MR) is 112 cm³/mol. The van der Waals surface area contributed by atoms with Crippen LogP contribution in [0, 0.1) is 0 Å². The van der Waals surface area contributed by atoms with Crippen molar-refractivity contribution < 1.29 is 4.79 Å². The molecule has 9 heteroatoms. The van der Waals surface area contributed by atoms with Gasteiger partial charge < -0.3 is 20.5 Å². The molecular formula is C19H20Cl2N6O. The lowest BCUT2D eigenvalue weighted by Crippen LogP contribution is -2.29. The van der Waals surface area contributed by atoms with Crippen LogP contribution in [0.4, 0.5) is 11.8 Å². The van der Waals surface area contributed by atoms with Crippen LogP contribution in [0.1, 0.15) is 12.5 Å². The van der Waals surface area contributed by atoms with Crippen LogP contribution in [-0.2, 0) is 11.3 Å². The van der Waals surface area contributed by atoms with E-state index < -0.39 is 0 Å². The molecule has 1 amide bonds. The van der Waals surface area contributed by atoms with Crippen molar-refractivity contribution in [1.29, 1.82) is 0 Å². The van der Waals surface area contributed by atoms with Crippen LogP contribution in [-0.4, -0.2) is 33.5 Å². The van der Waals surface area contributed by atoms with Crippen molar-refractivity contribution in [3.8, 4) is 5.82 Å². The predicted octanol–water partition coefficient (Wildman–Crippen LogP) is 3.73. The first-order valence-electron chi connectivity index (χ1n) is 8.76. The molecule has 3 aromatic rings. The maximum absolute atomic E-state index is 12.2. The van der Waals surface area contributed by atoms with Crippen molar-refractivity contribution in [3.63, 3.8) is 0 Å². The number of nitrogens with zero attached hydrogens (tertiary/aromatic N) is 3. The zero-order valence-corrected chi connectivity index (χ0v) is 16.8. The molecule has 0 bridgehead atoms. The molecule has 0 saturated carbocycles. The normalized spacial score (nSPS) is 10.5. The van der Waals surface area contributed by atoms with Gasteiger partial charge in [-0.2, -0.15) is 9.97 Å². The Bertz CT molecular complexity index is 946. The lowest BCUT2D eigenvalue weighted by atomic mass is 10.2. The molecule has 7 nitrogen and oxygen atoms in total. The lowest BCUT2D eigenvalue weighted by Gasteiger charge is -2.12. The van der Waals surface area contributed by atoms with Gasteiger partial charge in [0.05, 0.1) is 6.54 Å². The maximum atomic E-state index is 12.2. The molecule has 3 rings (SSSR count). The van der Waals surface area contributed by atoms with Gasteiger partial charge in [0.2, 0.25) is 11.9 Å². The van der Waals surface area contributed by atoms with E-state index in [9.17, 15) is 4.79 Å². The summed E-state index contributed by atoms with van der Waals surface area (Å²) in [5.74, 6) is 1.56. The smallest absolute Gasteiger partial charge is 0.239 e. The van der Waals surface area contributed by atoms with Crippen molar-refractivity contribution >= 4 is 40.9 Å². The zero-order chi connectivity index (χ0) is 19.9. The standard InChI is InChI=1S/C19H20Cl2N6O/c1-2-22-19-25-16(10-17(26-19)27-7-3-4-8-27)23-12-18(28)24-11-13-5-6-14(20)9-15(13)21/h3-10H,2,11-12H2,1H3,(H,24,28)(H2,22,23,25,26). The minimum atomic E-state index is -0.183. The van der Waals surface area contributed by atoms with Gasteiger partial charge in [0.15, 0.2) is 0 Å². The minimum Gasteiger partial charge on any atom is -0.361 e. The molecule has 28 heavy (non-hydrogen) atoms. The molecule has 0 radical (unpaired) electrons. The Balaban J connectivity index is 1.62. The van der Waals surface area contributed by atoms with Gasteiger partial charge in [-0.25, -0.2) is 0 Å². The molecule has 0 aliphatic carbocycles. The molecule has 0 spiro atoms. The third kappa shape index (κ3) is 5.37. The minimum absolute atomic E-state index is 0.0684. The number of carbonyl (C=O) groups excluding carboxylic acids is 1. The number of benzene rings is 1. The largest absolute Gasteiger partial charge is 0.361 e. The van der Waals surface area contributed by atoms with Gasteiger partial charge in [-0.15, -0.1) is 0 Å². The van der Waals surface area contributed by atoms with E-state index in [1.54, 1.807) is 24.3 Å². The van der Waals surface area contributed by atoms with E-state index in [1.165, 1.54) is 0 Å². The molecule has 0 fully saturated rings. The molecule has 2 heterocycles. The van der Waals surface area contributed by atoms with Gasteiger partial charge in [0.25, 0.3) is 0 Å². The molecule has 0 unspecified atom stereocenters. The molecule has 3 N–H and O–H groups in total. The summed E-state index contributed by atoms with van der Waals surface area (Å²) in [7, 11) is 0. The molecule has 1 aromatic carbocycles. The number of amides is 1. The third-order valence-corrected chi connectivity index (χ3v) is 4.42. The van der Waals surface area contributed by atoms with Crippen LogP contribution in [0.2, 0.25) is 10.0 Å². The fraction of sp³-hybridized carbons (Fsp3) is 0.211. The van der Waals surface area contributed by atoms with E-state index in [1.807, 2.05) is 36.0 Å². The van der Waals surface area contributed by atoms with Crippen LogP contribution in [0.5, 0.6) is 0 Å². The fourth-order valence-corrected chi connectivity index (χ4v) is 2.95. The summed E-state index contributed by atoms with van der Waals surface area (Å²) in [5.41, 5.74) is 0.797. The third-order valence-electron chi connectivity index (χ3n) is 3.84. The number of rotatable bonds is 8. The number of hydrogen-bond donors (Lipinski definition) is 3. The summed E-state index contributed by atoms with van der Waals surface area (Å²) in [6, 6.07) is 10.8. The van der Waals surface area contributed by atoms with Crippen LogP contribution < -0.4 is 16.0 Å². The first-order valence-corrected chi connectivity index (χ1v) is 9.51. The summed E-state index contributed by atoms with van der Waals surface area (Å²) in [6.45, 7) is 3.04. The number of nitrogens with one attached hydrogen (secondary N) is 3. The molecule has 0 atom stereocenters. The van der Waals surface area contributed by atoms with E-state index in [4.69, 9.17) is 23.2 Å². The summed E-state index contributed by atoms with van der Waals surface area (Å²) in [4.78, 5) is 21.0. The highest BCUT2D eigenvalue weighted by Gasteiger charge is 2.08. The average molecular weight is 419 g/mol. The Hall–Kier alpha value is -2.77. The van der Waals surface area contributed by atoms with Crippen molar-refractivity contribution in [2.24, 2.45) is 0 Å². The Kier molecular flexibility index (Phi) is 6.73. The molecule has 0 saturated heterocycles. The highest BCUT2D eigenvalue weighted by molar-refractivity contribution is 6.35. The number of halogens is 2. The molecule has 146 valence electrons. The van der Waals surface area contributed by atoms with Gasteiger partial charge in [-0.1, -0.05) is 29.3 Å². The molecule has 0 aliphatic rings. The Labute approximate surface area is 173 Å². The number of carbonyl (C=O) groups is 1. The second-order valence-electron chi connectivity index (χ2n) is 5.92. The van der Waals surface area contributed by atoms with Gasteiger partial charge in [0.1, 0.15) is 11.6 Å². The second kappa shape index (κ2) is 9.43. The first kappa shape index (κ1) is 20.0. The Morgan fingerprint density at radius 2 is 1.89 bits per heavy atom. The summed E-state index contributed by atoms with van der Waals surface area (Å²) in [6.07, 6.45) is 3.79. The zero-order valence-electron chi connectivity index (χ0n) is 15.2. The monoisotopic (exact) mass is 418 g/mol. The van der Waals surface area contributed by atoms with Gasteiger partial charge in [-0.05, 0) is 36.8 Å². The molecular weight excluding hydrogens is 399 g/mol. The molecule has 2 aromatic heterocycles. The fourth-order valence-electron chi connectivity index (χ4n) is 2.47. The average Bonchev–Trinajstić information content (AvgIpc) is 3.21. The van der Waals surface area contributed by atoms with Crippen LogP contribution in [0.3, 0.4) is 0 Å². The van der Waals surface area contributed by atoms with Crippen LogP contribution in [0.15, 0.2) is 48.8 Å². The van der Waals surface area contributed by atoms with Gasteiger partial charge in [-0.3, -0.25) is 4.79 Å². The Morgan fingerprint density at radius 3 is 2.61 bits per heavy atom. The number of anilines is 2. The van der Waals surface area contributed by atoms with Crippen LogP contribution >= 0.6 is 23.2 Å². The number of aromatic nitrogens is 3. The Morgan fingerprint density at radius 1 is 1.11 bits per heavy atom.